The van der Waals surface area contributed by atoms with E-state index in [4.69, 9.17) is 16.3 Å². The topological polar surface area (TPSA) is 55.2 Å². The molecule has 2 aromatic heterocycles. The summed E-state index contributed by atoms with van der Waals surface area (Å²) in [5.41, 5.74) is 1.08. The first-order chi connectivity index (χ1) is 8.22. The Labute approximate surface area is 104 Å². The molecule has 5 heteroatoms. The fraction of sp³-hybridized carbons (Fsp3) is 0.167. The van der Waals surface area contributed by atoms with Crippen LogP contribution in [0, 0.1) is 0 Å². The summed E-state index contributed by atoms with van der Waals surface area (Å²) in [6.45, 7) is 0. The van der Waals surface area contributed by atoms with E-state index in [2.05, 4.69) is 9.97 Å². The van der Waals surface area contributed by atoms with Gasteiger partial charge in [0.15, 0.2) is 0 Å². The monoisotopic (exact) mass is 250 g/mol. The molecule has 1 unspecified atom stereocenters. The highest BCUT2D eigenvalue weighted by Gasteiger charge is 2.16. The van der Waals surface area contributed by atoms with Gasteiger partial charge in [-0.25, -0.2) is 4.98 Å². The average Bonchev–Trinajstić information content (AvgIpc) is 2.38. The maximum absolute atomic E-state index is 10.2. The number of methoxy groups -OCH3 is 1. The fourth-order valence-corrected chi connectivity index (χ4v) is 1.71. The van der Waals surface area contributed by atoms with Crippen LogP contribution in [0.2, 0.25) is 5.15 Å². The largest absolute Gasteiger partial charge is 0.495 e. The Kier molecular flexibility index (Phi) is 3.56. The summed E-state index contributed by atoms with van der Waals surface area (Å²) >= 11 is 5.78. The van der Waals surface area contributed by atoms with E-state index < -0.39 is 6.10 Å². The van der Waals surface area contributed by atoms with Crippen LogP contribution in [-0.4, -0.2) is 22.2 Å². The van der Waals surface area contributed by atoms with Gasteiger partial charge in [-0.15, -0.1) is 0 Å². The molecule has 2 rings (SSSR count). The Morgan fingerprint density at radius 3 is 2.82 bits per heavy atom. The van der Waals surface area contributed by atoms with Gasteiger partial charge in [-0.3, -0.25) is 4.98 Å². The number of ether oxygens (including phenoxy) is 1. The first kappa shape index (κ1) is 11.8. The molecule has 0 bridgehead atoms. The molecule has 0 aromatic carbocycles. The van der Waals surface area contributed by atoms with Crippen molar-refractivity contribution < 1.29 is 9.84 Å². The Balaban J connectivity index is 2.40. The Hall–Kier alpha value is -1.65. The number of pyridine rings is 2. The molecule has 0 aliphatic carbocycles. The lowest BCUT2D eigenvalue weighted by atomic mass is 10.1. The first-order valence-corrected chi connectivity index (χ1v) is 5.38. The molecule has 0 aliphatic rings. The van der Waals surface area contributed by atoms with E-state index in [1.807, 2.05) is 0 Å². The quantitative estimate of drug-likeness (QED) is 0.849. The highest BCUT2D eigenvalue weighted by atomic mass is 35.5. The van der Waals surface area contributed by atoms with Gasteiger partial charge in [-0.05, 0) is 29.8 Å². The number of halogens is 1. The van der Waals surface area contributed by atoms with Crippen molar-refractivity contribution in [3.05, 3.63) is 53.1 Å². The molecule has 4 nitrogen and oxygen atoms in total. The van der Waals surface area contributed by atoms with Crippen LogP contribution in [0.5, 0.6) is 5.75 Å². The summed E-state index contributed by atoms with van der Waals surface area (Å²) in [4.78, 5) is 7.98. The number of hydrogen-bond acceptors (Lipinski definition) is 4. The molecule has 1 N–H and O–H groups in total. The van der Waals surface area contributed by atoms with Gasteiger partial charge in [0, 0.05) is 12.4 Å². The second-order valence-corrected chi connectivity index (χ2v) is 3.79. The SMILES string of the molecule is COc1cccnc1C(O)c1ccnc(Cl)c1. The van der Waals surface area contributed by atoms with Crippen LogP contribution >= 0.6 is 11.6 Å². The molecule has 88 valence electrons. The molecule has 2 heterocycles. The Bertz CT molecular complexity index is 519. The minimum absolute atomic E-state index is 0.330. The van der Waals surface area contributed by atoms with Crippen LogP contribution in [0.15, 0.2) is 36.7 Å². The minimum atomic E-state index is -0.883. The van der Waals surface area contributed by atoms with Crippen molar-refractivity contribution in [3.8, 4) is 5.75 Å². The Morgan fingerprint density at radius 1 is 1.29 bits per heavy atom. The zero-order valence-corrected chi connectivity index (χ0v) is 9.93. The summed E-state index contributed by atoms with van der Waals surface area (Å²) in [7, 11) is 1.53. The van der Waals surface area contributed by atoms with Crippen LogP contribution in [0.1, 0.15) is 17.4 Å². The van der Waals surface area contributed by atoms with Gasteiger partial charge < -0.3 is 9.84 Å². The third-order valence-electron chi connectivity index (χ3n) is 2.35. The molecule has 2 aromatic rings. The number of aliphatic hydroxyl groups excluding tert-OH is 1. The van der Waals surface area contributed by atoms with E-state index in [0.29, 0.717) is 22.2 Å². The molecule has 0 spiro atoms. The molecule has 0 aliphatic heterocycles. The van der Waals surface area contributed by atoms with E-state index in [1.165, 1.54) is 13.3 Å². The molecule has 0 fully saturated rings. The van der Waals surface area contributed by atoms with E-state index >= 15 is 0 Å². The third-order valence-corrected chi connectivity index (χ3v) is 2.55. The van der Waals surface area contributed by atoms with Gasteiger partial charge in [-0.2, -0.15) is 0 Å². The van der Waals surface area contributed by atoms with Crippen LogP contribution in [0.3, 0.4) is 0 Å². The highest BCUT2D eigenvalue weighted by Crippen LogP contribution is 2.28. The van der Waals surface area contributed by atoms with Crippen LogP contribution in [-0.2, 0) is 0 Å². The van der Waals surface area contributed by atoms with E-state index in [1.54, 1.807) is 30.5 Å². The first-order valence-electron chi connectivity index (χ1n) is 5.01. The van der Waals surface area contributed by atoms with Crippen LogP contribution < -0.4 is 4.74 Å². The van der Waals surface area contributed by atoms with E-state index in [0.717, 1.165) is 0 Å². The van der Waals surface area contributed by atoms with E-state index in [-0.39, 0.29) is 0 Å². The molecular weight excluding hydrogens is 240 g/mol. The van der Waals surface area contributed by atoms with Crippen molar-refractivity contribution in [3.63, 3.8) is 0 Å². The van der Waals surface area contributed by atoms with Gasteiger partial charge in [0.2, 0.25) is 0 Å². The molecule has 0 saturated heterocycles. The predicted octanol–water partition coefficient (Wildman–Crippen LogP) is 2.22. The van der Waals surface area contributed by atoms with Crippen molar-refractivity contribution in [1.82, 2.24) is 9.97 Å². The van der Waals surface area contributed by atoms with Crippen molar-refractivity contribution in [2.24, 2.45) is 0 Å². The second kappa shape index (κ2) is 5.12. The normalized spacial score (nSPS) is 12.2. The Morgan fingerprint density at radius 2 is 2.12 bits per heavy atom. The molecule has 17 heavy (non-hydrogen) atoms. The smallest absolute Gasteiger partial charge is 0.143 e. The summed E-state index contributed by atoms with van der Waals surface area (Å²) < 4.78 is 5.15. The van der Waals surface area contributed by atoms with Gasteiger partial charge in [0.25, 0.3) is 0 Å². The average molecular weight is 251 g/mol. The molecule has 0 amide bonds. The van der Waals surface area contributed by atoms with Crippen molar-refractivity contribution in [1.29, 1.82) is 0 Å². The minimum Gasteiger partial charge on any atom is -0.495 e. The predicted molar refractivity (Wildman–Crippen MR) is 64.1 cm³/mol. The number of rotatable bonds is 3. The summed E-state index contributed by atoms with van der Waals surface area (Å²) in [6, 6.07) is 6.77. The van der Waals surface area contributed by atoms with E-state index in [9.17, 15) is 5.11 Å². The molecule has 1 atom stereocenters. The van der Waals surface area contributed by atoms with Gasteiger partial charge in [0.1, 0.15) is 22.7 Å². The lowest BCUT2D eigenvalue weighted by molar-refractivity contribution is 0.209. The molecule has 0 radical (unpaired) electrons. The van der Waals surface area contributed by atoms with Crippen LogP contribution in [0.4, 0.5) is 0 Å². The summed E-state index contributed by atoms with van der Waals surface area (Å²) in [6.07, 6.45) is 2.26. The number of nitrogens with zero attached hydrogens (tertiary/aromatic N) is 2. The number of hydrogen-bond donors (Lipinski definition) is 1. The zero-order chi connectivity index (χ0) is 12.3. The fourth-order valence-electron chi connectivity index (χ4n) is 1.53. The second-order valence-electron chi connectivity index (χ2n) is 3.41. The van der Waals surface area contributed by atoms with Crippen molar-refractivity contribution in [2.45, 2.75) is 6.10 Å². The van der Waals surface area contributed by atoms with Crippen molar-refractivity contribution >= 4 is 11.6 Å². The maximum Gasteiger partial charge on any atom is 0.143 e. The highest BCUT2D eigenvalue weighted by molar-refractivity contribution is 6.29. The summed E-state index contributed by atoms with van der Waals surface area (Å²) in [5, 5.41) is 10.5. The standard InChI is InChI=1S/C12H11ClN2O2/c1-17-9-3-2-5-15-11(9)12(16)8-4-6-14-10(13)7-8/h2-7,12,16H,1H3. The van der Waals surface area contributed by atoms with Gasteiger partial charge in [-0.1, -0.05) is 11.6 Å². The molecular formula is C12H11ClN2O2. The van der Waals surface area contributed by atoms with Crippen molar-refractivity contribution in [2.75, 3.05) is 7.11 Å². The molecule has 0 saturated carbocycles. The van der Waals surface area contributed by atoms with Gasteiger partial charge in [0.05, 0.1) is 7.11 Å². The van der Waals surface area contributed by atoms with Gasteiger partial charge >= 0.3 is 0 Å². The third kappa shape index (κ3) is 2.54. The lowest BCUT2D eigenvalue weighted by Gasteiger charge is -2.13. The number of aromatic nitrogens is 2. The maximum atomic E-state index is 10.2. The number of aliphatic hydroxyl groups is 1. The van der Waals surface area contributed by atoms with Crippen LogP contribution in [0.25, 0.3) is 0 Å². The summed E-state index contributed by atoms with van der Waals surface area (Å²) in [5.74, 6) is 0.535. The lowest BCUT2D eigenvalue weighted by Crippen LogP contribution is -2.05. The zero-order valence-electron chi connectivity index (χ0n) is 9.17.